The van der Waals surface area contributed by atoms with Gasteiger partial charge < -0.3 is 9.47 Å². The molecule has 0 fully saturated rings. The molecule has 0 aliphatic heterocycles. The fraction of sp³-hybridized carbons (Fsp3) is 0.122. The number of halogens is 8. The maximum atomic E-state index is 14.8. The molecule has 0 saturated carbocycles. The van der Waals surface area contributed by atoms with Crippen LogP contribution in [0.15, 0.2) is 165 Å². The second-order valence-corrected chi connectivity index (χ2v) is 17.6. The summed E-state index contributed by atoms with van der Waals surface area (Å²) in [4.78, 5) is -0.166. The fourth-order valence-electron chi connectivity index (χ4n) is 5.97. The topological polar surface area (TPSA) is 86.7 Å². The molecule has 1 atom stereocenters. The summed E-state index contributed by atoms with van der Waals surface area (Å²) in [6.07, 6.45) is -11.7. The molecule has 0 saturated heterocycles. The first-order valence-corrected chi connectivity index (χ1v) is 20.4. The molecule has 0 aliphatic carbocycles. The normalized spacial score (nSPS) is 13.2. The van der Waals surface area contributed by atoms with E-state index in [1.54, 1.807) is 19.1 Å². The number of hydrogen-bond donors (Lipinski definition) is 0. The van der Waals surface area contributed by atoms with Crippen molar-refractivity contribution >= 4 is 42.9 Å². The minimum Gasteiger partial charge on any atom is -0.457 e. The Morgan fingerprint density at radius 2 is 0.719 bits per heavy atom. The first-order chi connectivity index (χ1) is 26.7. The van der Waals surface area contributed by atoms with Crippen LogP contribution in [0.1, 0.15) is 29.0 Å². The third kappa shape index (κ3) is 8.36. The molecule has 6 nitrogen and oxygen atoms in total. The lowest BCUT2D eigenvalue weighted by molar-refractivity contribution is -0.288. The van der Waals surface area contributed by atoms with E-state index in [1.807, 2.05) is 0 Å². The lowest BCUT2D eigenvalue weighted by atomic mass is 9.73. The molecule has 0 aliphatic rings. The first kappa shape index (κ1) is 41.6. The molecule has 0 spiro atoms. The van der Waals surface area contributed by atoms with E-state index >= 15 is 0 Å². The molecule has 6 rings (SSSR count). The van der Waals surface area contributed by atoms with Gasteiger partial charge in [0.1, 0.15) is 23.0 Å². The highest BCUT2D eigenvalue weighted by molar-refractivity contribution is 7.91. The molecule has 0 N–H and O–H groups in total. The molecule has 0 heterocycles. The van der Waals surface area contributed by atoms with E-state index in [2.05, 4.69) is 0 Å². The second kappa shape index (κ2) is 15.7. The average molecular weight is 866 g/mol. The molecule has 0 amide bonds. The molecular weight excluding hydrogens is 837 g/mol. The van der Waals surface area contributed by atoms with Gasteiger partial charge in [0.2, 0.25) is 25.1 Å². The van der Waals surface area contributed by atoms with Crippen LogP contribution in [0, 0.1) is 0 Å². The van der Waals surface area contributed by atoms with E-state index in [0.29, 0.717) is 29.3 Å². The second-order valence-electron chi connectivity index (χ2n) is 12.6. The van der Waals surface area contributed by atoms with Gasteiger partial charge in [-0.1, -0.05) is 48.0 Å². The zero-order chi connectivity index (χ0) is 41.4. The number of alkyl halides is 7. The Kier molecular flexibility index (Phi) is 11.5. The van der Waals surface area contributed by atoms with Crippen molar-refractivity contribution in [3.05, 3.63) is 167 Å². The van der Waals surface area contributed by atoms with E-state index in [4.69, 9.17) is 32.7 Å². The third-order valence-electron chi connectivity index (χ3n) is 8.94. The molecule has 1 unspecified atom stereocenters. The van der Waals surface area contributed by atoms with Crippen molar-refractivity contribution in [3.63, 3.8) is 0 Å². The lowest BCUT2D eigenvalue weighted by Crippen LogP contribution is -2.54. The van der Waals surface area contributed by atoms with Gasteiger partial charge in [-0.05, 0) is 133 Å². The summed E-state index contributed by atoms with van der Waals surface area (Å²) >= 11 is 11.9. The highest BCUT2D eigenvalue weighted by Crippen LogP contribution is 2.56. The lowest BCUT2D eigenvalue weighted by Gasteiger charge is -2.38. The van der Waals surface area contributed by atoms with Crippen LogP contribution < -0.4 is 9.47 Å². The van der Waals surface area contributed by atoms with Gasteiger partial charge in [-0.25, -0.2) is 16.8 Å². The standard InChI is InChI=1S/C41H28Cl2F6O6S2/c1-26(42)27-2-18-35(19-3-27)56(50,51)37-22-14-33(15-23-37)54-31-10-4-28(5-11-31)39(40(44,45)46,41(47,48)49)29-6-12-32(13-7-29)55-34-16-24-38(25-17-34)57(52,53)36-20-8-30(43)9-21-36/h2-26H,1H3. The molecular formula is C41H28Cl2F6O6S2. The molecule has 16 heteroatoms. The molecule has 296 valence electrons. The van der Waals surface area contributed by atoms with Gasteiger partial charge in [-0.2, -0.15) is 26.3 Å². The van der Waals surface area contributed by atoms with Crippen molar-refractivity contribution in [3.8, 4) is 23.0 Å². The highest BCUT2D eigenvalue weighted by atomic mass is 35.5. The predicted molar refractivity (Wildman–Crippen MR) is 202 cm³/mol. The van der Waals surface area contributed by atoms with Crippen molar-refractivity contribution < 1.29 is 52.7 Å². The molecule has 0 radical (unpaired) electrons. The van der Waals surface area contributed by atoms with E-state index in [9.17, 15) is 43.2 Å². The highest BCUT2D eigenvalue weighted by Gasteiger charge is 2.72. The maximum absolute atomic E-state index is 14.8. The van der Waals surface area contributed by atoms with Crippen molar-refractivity contribution in [1.82, 2.24) is 0 Å². The van der Waals surface area contributed by atoms with Crippen LogP contribution in [0.25, 0.3) is 0 Å². The molecule has 0 bridgehead atoms. The van der Waals surface area contributed by atoms with Crippen LogP contribution in [0.5, 0.6) is 23.0 Å². The molecule has 6 aromatic rings. The number of hydrogen-bond acceptors (Lipinski definition) is 6. The van der Waals surface area contributed by atoms with Gasteiger partial charge in [0.25, 0.3) is 0 Å². The first-order valence-electron chi connectivity index (χ1n) is 16.6. The van der Waals surface area contributed by atoms with Crippen molar-refractivity contribution in [2.75, 3.05) is 0 Å². The average Bonchev–Trinajstić information content (AvgIpc) is 3.16. The number of benzene rings is 6. The van der Waals surface area contributed by atoms with Crippen LogP contribution in [0.2, 0.25) is 5.02 Å². The smallest absolute Gasteiger partial charge is 0.411 e. The van der Waals surface area contributed by atoms with Gasteiger partial charge in [-0.3, -0.25) is 0 Å². The Morgan fingerprint density at radius 1 is 0.456 bits per heavy atom. The van der Waals surface area contributed by atoms with E-state index in [-0.39, 0.29) is 48.0 Å². The Bertz CT molecular complexity index is 2550. The van der Waals surface area contributed by atoms with Gasteiger partial charge in [0, 0.05) is 5.02 Å². The van der Waals surface area contributed by atoms with Gasteiger partial charge in [0.15, 0.2) is 0 Å². The van der Waals surface area contributed by atoms with Crippen LogP contribution >= 0.6 is 23.2 Å². The zero-order valence-electron chi connectivity index (χ0n) is 29.2. The Hall–Kier alpha value is -5.02. The summed E-state index contributed by atoms with van der Waals surface area (Å²) in [6.45, 7) is 1.74. The van der Waals surface area contributed by atoms with E-state index < -0.39 is 48.6 Å². The Morgan fingerprint density at radius 3 is 1.00 bits per heavy atom. The van der Waals surface area contributed by atoms with Crippen molar-refractivity contribution in [2.45, 2.75) is 49.7 Å². The quantitative estimate of drug-likeness (QED) is 0.0952. The minimum atomic E-state index is -5.87. The van der Waals surface area contributed by atoms with Crippen molar-refractivity contribution in [1.29, 1.82) is 0 Å². The number of ether oxygens (including phenoxy) is 2. The van der Waals surface area contributed by atoms with Gasteiger partial charge in [-0.15, -0.1) is 11.6 Å². The van der Waals surface area contributed by atoms with E-state index in [1.165, 1.54) is 84.9 Å². The summed E-state index contributed by atoms with van der Waals surface area (Å²) in [7, 11) is -7.84. The number of sulfone groups is 2. The number of rotatable bonds is 11. The van der Waals surface area contributed by atoms with Gasteiger partial charge in [0.05, 0.1) is 25.0 Å². The summed E-state index contributed by atoms with van der Waals surface area (Å²) < 4.78 is 152. The third-order valence-corrected chi connectivity index (χ3v) is 13.0. The fourth-order valence-corrected chi connectivity index (χ4v) is 8.77. The Labute approximate surface area is 334 Å². The molecule has 0 aromatic heterocycles. The van der Waals surface area contributed by atoms with Crippen LogP contribution in [0.4, 0.5) is 26.3 Å². The largest absolute Gasteiger partial charge is 0.457 e. The van der Waals surface area contributed by atoms with Crippen LogP contribution in [-0.2, 0) is 25.1 Å². The Balaban J connectivity index is 1.21. The molecule has 6 aromatic carbocycles. The predicted octanol–water partition coefficient (Wildman–Crippen LogP) is 12.3. The monoisotopic (exact) mass is 864 g/mol. The van der Waals surface area contributed by atoms with Crippen LogP contribution in [0.3, 0.4) is 0 Å². The van der Waals surface area contributed by atoms with E-state index in [0.717, 1.165) is 29.8 Å². The van der Waals surface area contributed by atoms with Crippen molar-refractivity contribution in [2.24, 2.45) is 0 Å². The SMILES string of the molecule is CC(Cl)c1ccc(S(=O)(=O)c2ccc(Oc3ccc(C(c4ccc(Oc5ccc(S(=O)(=O)c6ccc(Cl)cc6)cc5)cc4)(C(F)(F)F)C(F)(F)F)cc3)cc2)cc1. The minimum absolute atomic E-state index is 0.0164. The summed E-state index contributed by atoms with van der Waals surface area (Å²) in [5, 5.41) is 0.0160. The van der Waals surface area contributed by atoms with Gasteiger partial charge >= 0.3 is 12.4 Å². The molecule has 57 heavy (non-hydrogen) atoms. The summed E-state index contributed by atoms with van der Waals surface area (Å²) in [5.74, 6) is -0.102. The maximum Gasteiger partial charge on any atom is 0.411 e. The zero-order valence-corrected chi connectivity index (χ0v) is 32.4. The summed E-state index contributed by atoms with van der Waals surface area (Å²) in [6, 6.07) is 28.1. The summed E-state index contributed by atoms with van der Waals surface area (Å²) in [5.41, 5.74) is -6.02. The van der Waals surface area contributed by atoms with Crippen LogP contribution in [-0.4, -0.2) is 29.2 Å².